The van der Waals surface area contributed by atoms with Crippen LogP contribution in [0.15, 0.2) is 12.1 Å². The zero-order valence-corrected chi connectivity index (χ0v) is 9.83. The molecule has 0 heterocycles. The summed E-state index contributed by atoms with van der Waals surface area (Å²) in [5.41, 5.74) is 0.894. The molecule has 0 bridgehead atoms. The van der Waals surface area contributed by atoms with Gasteiger partial charge in [0.1, 0.15) is 5.75 Å². The SMILES string of the molecule is C#Cc1cc(CS(=O)(=O)F)cc(B(O)O)c1C. The molecule has 0 aromatic heterocycles. The van der Waals surface area contributed by atoms with Gasteiger partial charge in [-0.1, -0.05) is 12.0 Å². The predicted octanol–water partition coefficient (Wildman–Crippen LogP) is -0.545. The monoisotopic (exact) mass is 256 g/mol. The van der Waals surface area contributed by atoms with Gasteiger partial charge in [-0.2, -0.15) is 8.42 Å². The minimum Gasteiger partial charge on any atom is -0.423 e. The molecule has 0 aliphatic carbocycles. The minimum atomic E-state index is -4.69. The van der Waals surface area contributed by atoms with Crippen LogP contribution in [-0.4, -0.2) is 25.6 Å². The fourth-order valence-electron chi connectivity index (χ4n) is 1.50. The Hall–Kier alpha value is -1.36. The fourth-order valence-corrected chi connectivity index (χ4v) is 2.06. The normalized spacial score (nSPS) is 11.0. The maximum Gasteiger partial charge on any atom is 0.488 e. The summed E-state index contributed by atoms with van der Waals surface area (Å²) in [6.45, 7) is 1.57. The van der Waals surface area contributed by atoms with Crippen LogP contribution in [0.1, 0.15) is 16.7 Å². The average molecular weight is 256 g/mol. The lowest BCUT2D eigenvalue weighted by Crippen LogP contribution is -2.33. The number of hydrogen-bond acceptors (Lipinski definition) is 4. The van der Waals surface area contributed by atoms with E-state index in [-0.39, 0.29) is 11.0 Å². The van der Waals surface area contributed by atoms with Crippen molar-refractivity contribution in [3.05, 3.63) is 28.8 Å². The molecule has 90 valence electrons. The lowest BCUT2D eigenvalue weighted by molar-refractivity contribution is 0.425. The van der Waals surface area contributed by atoms with Crippen molar-refractivity contribution in [1.29, 1.82) is 0 Å². The van der Waals surface area contributed by atoms with Gasteiger partial charge in [0, 0.05) is 5.56 Å². The van der Waals surface area contributed by atoms with Crippen molar-refractivity contribution < 1.29 is 22.4 Å². The Morgan fingerprint density at radius 3 is 2.47 bits per heavy atom. The van der Waals surface area contributed by atoms with E-state index in [9.17, 15) is 12.3 Å². The van der Waals surface area contributed by atoms with Gasteiger partial charge in [0.15, 0.2) is 0 Å². The highest BCUT2D eigenvalue weighted by Crippen LogP contribution is 2.12. The first-order valence-corrected chi connectivity index (χ1v) is 6.18. The van der Waals surface area contributed by atoms with Crippen LogP contribution in [0.2, 0.25) is 0 Å². The van der Waals surface area contributed by atoms with E-state index in [0.29, 0.717) is 11.1 Å². The molecule has 0 atom stereocenters. The summed E-state index contributed by atoms with van der Waals surface area (Å²) in [6.07, 6.45) is 5.20. The molecule has 1 rings (SSSR count). The molecular weight excluding hydrogens is 246 g/mol. The van der Waals surface area contributed by atoms with Crippen molar-refractivity contribution in [2.75, 3.05) is 0 Å². The standard InChI is InChI=1S/C10H10BFO4S/c1-3-9-4-8(6-17(12,15)16)5-10(7(9)2)11(13)14/h1,4-5,13-14H,6H2,2H3. The quantitative estimate of drug-likeness (QED) is 0.432. The number of halogens is 1. The van der Waals surface area contributed by atoms with Gasteiger partial charge in [0.25, 0.3) is 0 Å². The third kappa shape index (κ3) is 3.56. The van der Waals surface area contributed by atoms with Gasteiger partial charge in [-0.05, 0) is 29.6 Å². The van der Waals surface area contributed by atoms with E-state index >= 15 is 0 Å². The molecule has 2 N–H and O–H groups in total. The van der Waals surface area contributed by atoms with E-state index < -0.39 is 23.1 Å². The van der Waals surface area contributed by atoms with E-state index in [0.717, 1.165) is 0 Å². The van der Waals surface area contributed by atoms with Crippen LogP contribution >= 0.6 is 0 Å². The van der Waals surface area contributed by atoms with Crippen molar-refractivity contribution in [2.45, 2.75) is 12.7 Å². The Labute approximate surface area is 99.5 Å². The van der Waals surface area contributed by atoms with Gasteiger partial charge in [0.05, 0.1) is 0 Å². The first kappa shape index (κ1) is 13.7. The molecule has 0 aliphatic heterocycles. The summed E-state index contributed by atoms with van der Waals surface area (Å²) in [7, 11) is -6.48. The van der Waals surface area contributed by atoms with E-state index in [4.69, 9.17) is 16.5 Å². The first-order chi connectivity index (χ1) is 7.74. The summed E-state index contributed by atoms with van der Waals surface area (Å²) >= 11 is 0. The van der Waals surface area contributed by atoms with Crippen molar-refractivity contribution in [3.8, 4) is 12.3 Å². The van der Waals surface area contributed by atoms with Gasteiger partial charge in [-0.25, -0.2) is 0 Å². The van der Waals surface area contributed by atoms with Crippen LogP contribution < -0.4 is 5.46 Å². The third-order valence-electron chi connectivity index (χ3n) is 2.28. The number of benzene rings is 1. The summed E-state index contributed by atoms with van der Waals surface area (Å²) in [4.78, 5) is 0. The van der Waals surface area contributed by atoms with Crippen molar-refractivity contribution in [2.24, 2.45) is 0 Å². The van der Waals surface area contributed by atoms with Gasteiger partial charge >= 0.3 is 17.3 Å². The molecule has 1 aromatic rings. The summed E-state index contributed by atoms with van der Waals surface area (Å²) in [6, 6.07) is 2.54. The molecule has 1 aromatic carbocycles. The van der Waals surface area contributed by atoms with Crippen LogP contribution in [0.4, 0.5) is 3.89 Å². The van der Waals surface area contributed by atoms with Crippen molar-refractivity contribution in [1.82, 2.24) is 0 Å². The maximum absolute atomic E-state index is 12.5. The molecule has 4 nitrogen and oxygen atoms in total. The molecule has 0 aliphatic rings. The molecule has 0 amide bonds. The van der Waals surface area contributed by atoms with E-state index in [2.05, 4.69) is 5.92 Å². The molecule has 0 saturated heterocycles. The van der Waals surface area contributed by atoms with Gasteiger partial charge < -0.3 is 10.0 Å². The van der Waals surface area contributed by atoms with Crippen molar-refractivity contribution in [3.63, 3.8) is 0 Å². The Morgan fingerprint density at radius 2 is 2.06 bits per heavy atom. The topological polar surface area (TPSA) is 74.6 Å². The fraction of sp³-hybridized carbons (Fsp3) is 0.200. The van der Waals surface area contributed by atoms with Gasteiger partial charge in [-0.15, -0.1) is 10.3 Å². The average Bonchev–Trinajstić information content (AvgIpc) is 2.17. The molecule has 0 saturated carbocycles. The molecule has 17 heavy (non-hydrogen) atoms. The van der Waals surface area contributed by atoms with E-state index in [1.54, 1.807) is 6.92 Å². The lowest BCUT2D eigenvalue weighted by atomic mass is 9.75. The number of terminal acetylenes is 1. The van der Waals surface area contributed by atoms with Crippen LogP contribution in [0.25, 0.3) is 0 Å². The summed E-state index contributed by atoms with van der Waals surface area (Å²) in [5.74, 6) is 1.43. The second-order valence-corrected chi connectivity index (χ2v) is 4.93. The molecule has 0 spiro atoms. The Morgan fingerprint density at radius 1 is 1.47 bits per heavy atom. The Bertz CT molecular complexity index is 575. The highest BCUT2D eigenvalue weighted by molar-refractivity contribution is 7.85. The van der Waals surface area contributed by atoms with Crippen LogP contribution in [0.3, 0.4) is 0 Å². The highest BCUT2D eigenvalue weighted by atomic mass is 32.3. The largest absolute Gasteiger partial charge is 0.488 e. The molecule has 7 heteroatoms. The number of hydrogen-bond donors (Lipinski definition) is 2. The second-order valence-electron chi connectivity index (χ2n) is 3.56. The second kappa shape index (κ2) is 4.88. The Balaban J connectivity index is 3.36. The third-order valence-corrected chi connectivity index (χ3v) is 2.96. The Kier molecular flexibility index (Phi) is 3.93. The summed E-state index contributed by atoms with van der Waals surface area (Å²) in [5, 5.41) is 18.2. The smallest absolute Gasteiger partial charge is 0.423 e. The van der Waals surface area contributed by atoms with Gasteiger partial charge in [-0.3, -0.25) is 0 Å². The summed E-state index contributed by atoms with van der Waals surface area (Å²) < 4.78 is 33.6. The van der Waals surface area contributed by atoms with Gasteiger partial charge in [0.2, 0.25) is 0 Å². The lowest BCUT2D eigenvalue weighted by Gasteiger charge is -2.09. The molecular formula is C10H10BFO4S. The van der Waals surface area contributed by atoms with Crippen molar-refractivity contribution >= 4 is 22.8 Å². The predicted molar refractivity (Wildman–Crippen MR) is 62.7 cm³/mol. The minimum absolute atomic E-state index is 0.0686. The molecule has 0 unspecified atom stereocenters. The molecule has 0 fully saturated rings. The highest BCUT2D eigenvalue weighted by Gasteiger charge is 2.19. The van der Waals surface area contributed by atoms with Crippen LogP contribution in [0.5, 0.6) is 0 Å². The van der Waals surface area contributed by atoms with Crippen LogP contribution in [-0.2, 0) is 16.0 Å². The van der Waals surface area contributed by atoms with Crippen LogP contribution in [0, 0.1) is 19.3 Å². The van der Waals surface area contributed by atoms with E-state index in [1.807, 2.05) is 0 Å². The first-order valence-electron chi connectivity index (χ1n) is 4.63. The number of rotatable bonds is 3. The molecule has 0 radical (unpaired) electrons. The zero-order chi connectivity index (χ0) is 13.2. The maximum atomic E-state index is 12.5. The zero-order valence-electron chi connectivity index (χ0n) is 9.01. The van der Waals surface area contributed by atoms with E-state index in [1.165, 1.54) is 12.1 Å².